The van der Waals surface area contributed by atoms with Gasteiger partial charge in [0.2, 0.25) is 5.43 Å². The zero-order valence-electron chi connectivity index (χ0n) is 15.5. The third kappa shape index (κ3) is 2.55. The molecule has 4 heterocycles. The Hall–Kier alpha value is -3.30. The third-order valence-corrected chi connectivity index (χ3v) is 6.30. The predicted molar refractivity (Wildman–Crippen MR) is 96.3 cm³/mol. The number of aromatic nitrogens is 1. The Kier molecular flexibility index (Phi) is 3.96. The molecule has 0 radical (unpaired) electrons. The van der Waals surface area contributed by atoms with Crippen LogP contribution in [0.15, 0.2) is 23.1 Å². The molecule has 10 heteroatoms. The number of nitrogens with zero attached hydrogens (tertiary/aromatic N) is 2. The van der Waals surface area contributed by atoms with E-state index in [4.69, 9.17) is 0 Å². The molecule has 156 valence electrons. The standard InChI is InChI=1S/C20H16F3N3O4/c21-9-3-13(22)11(14(23)4-9)5-24-19(29)12-6-25-7-15-8-1-10(2-8)26(15)20(30)16(25)18(28)17(12)27/h3-4,6,8,10,15,28H,1-2,5,7H2,(H,24,29)/t8-,10+,15?. The maximum Gasteiger partial charge on any atom is 0.275 e. The molecule has 1 aliphatic carbocycles. The Bertz CT molecular complexity index is 1150. The number of benzene rings is 1. The van der Waals surface area contributed by atoms with E-state index in [0.717, 1.165) is 12.8 Å². The number of fused-ring (bicyclic) bond motifs is 1. The van der Waals surface area contributed by atoms with Crippen molar-refractivity contribution >= 4 is 11.8 Å². The molecule has 1 aromatic carbocycles. The Morgan fingerprint density at radius 3 is 2.50 bits per heavy atom. The van der Waals surface area contributed by atoms with Gasteiger partial charge in [-0.1, -0.05) is 0 Å². The smallest absolute Gasteiger partial charge is 0.275 e. The summed E-state index contributed by atoms with van der Waals surface area (Å²) in [6.07, 6.45) is 2.96. The van der Waals surface area contributed by atoms with E-state index in [2.05, 4.69) is 5.32 Å². The highest BCUT2D eigenvalue weighted by atomic mass is 19.1. The van der Waals surface area contributed by atoms with Crippen molar-refractivity contribution in [3.8, 4) is 5.75 Å². The van der Waals surface area contributed by atoms with Crippen molar-refractivity contribution in [1.29, 1.82) is 0 Å². The minimum atomic E-state index is -1.18. The lowest BCUT2D eigenvalue weighted by Crippen LogP contribution is -2.46. The molecule has 2 N–H and O–H groups in total. The maximum atomic E-state index is 13.8. The topological polar surface area (TPSA) is 91.6 Å². The van der Waals surface area contributed by atoms with Gasteiger partial charge in [-0.15, -0.1) is 0 Å². The van der Waals surface area contributed by atoms with Crippen LogP contribution in [-0.4, -0.2) is 38.5 Å². The fourth-order valence-corrected chi connectivity index (χ4v) is 4.73. The van der Waals surface area contributed by atoms with Gasteiger partial charge in [-0.25, -0.2) is 13.2 Å². The van der Waals surface area contributed by atoms with Crippen LogP contribution in [0.3, 0.4) is 0 Å². The zero-order chi connectivity index (χ0) is 21.3. The molecule has 30 heavy (non-hydrogen) atoms. The lowest BCUT2D eigenvalue weighted by Gasteiger charge is -2.33. The second-order valence-corrected chi connectivity index (χ2v) is 7.92. The first kappa shape index (κ1) is 18.7. The Morgan fingerprint density at radius 2 is 1.83 bits per heavy atom. The molecule has 6 rings (SSSR count). The summed E-state index contributed by atoms with van der Waals surface area (Å²) in [5.74, 6) is -5.33. The van der Waals surface area contributed by atoms with E-state index in [1.165, 1.54) is 10.8 Å². The number of hydrogen-bond acceptors (Lipinski definition) is 4. The van der Waals surface area contributed by atoms with Gasteiger partial charge in [-0.05, 0) is 18.8 Å². The van der Waals surface area contributed by atoms with Crippen LogP contribution >= 0.6 is 0 Å². The van der Waals surface area contributed by atoms with Crippen molar-refractivity contribution in [2.75, 3.05) is 0 Å². The first-order valence-corrected chi connectivity index (χ1v) is 9.47. The third-order valence-electron chi connectivity index (χ3n) is 6.30. The van der Waals surface area contributed by atoms with Crippen molar-refractivity contribution in [2.45, 2.75) is 38.0 Å². The number of nitrogens with one attached hydrogen (secondary N) is 1. The molecule has 2 saturated heterocycles. The monoisotopic (exact) mass is 419 g/mol. The van der Waals surface area contributed by atoms with E-state index in [1.54, 1.807) is 4.90 Å². The number of carbonyl (C=O) groups is 2. The molecule has 2 bridgehead atoms. The van der Waals surface area contributed by atoms with E-state index in [9.17, 15) is 32.7 Å². The number of aromatic hydroxyl groups is 1. The maximum absolute atomic E-state index is 13.8. The van der Waals surface area contributed by atoms with Gasteiger partial charge in [0.05, 0.1) is 6.04 Å². The quantitative estimate of drug-likeness (QED) is 0.789. The predicted octanol–water partition coefficient (Wildman–Crippen LogP) is 1.52. The van der Waals surface area contributed by atoms with E-state index in [-0.39, 0.29) is 17.8 Å². The lowest BCUT2D eigenvalue weighted by molar-refractivity contribution is 0.0632. The number of carbonyl (C=O) groups excluding carboxylic acids is 2. The summed E-state index contributed by atoms with van der Waals surface area (Å²) in [6, 6.07) is 1.04. The second-order valence-electron chi connectivity index (χ2n) is 7.92. The summed E-state index contributed by atoms with van der Waals surface area (Å²) in [5, 5.41) is 12.5. The molecule has 4 aliphatic rings. The van der Waals surface area contributed by atoms with Crippen LogP contribution < -0.4 is 10.7 Å². The number of halogens is 3. The van der Waals surface area contributed by atoms with Gasteiger partial charge in [0.15, 0.2) is 11.4 Å². The first-order chi connectivity index (χ1) is 14.3. The summed E-state index contributed by atoms with van der Waals surface area (Å²) >= 11 is 0. The number of amides is 2. The highest BCUT2D eigenvalue weighted by Crippen LogP contribution is 2.49. The first-order valence-electron chi connectivity index (χ1n) is 9.47. The van der Waals surface area contributed by atoms with Gasteiger partial charge in [0.25, 0.3) is 11.8 Å². The van der Waals surface area contributed by atoms with Gasteiger partial charge in [-0.2, -0.15) is 0 Å². The summed E-state index contributed by atoms with van der Waals surface area (Å²) in [6.45, 7) is -0.282. The average Bonchev–Trinajstić information content (AvgIpc) is 3.18. The largest absolute Gasteiger partial charge is 0.503 e. The SMILES string of the molecule is O=C(NCc1c(F)cc(F)cc1F)c1cn2c(c(O)c1=O)C(=O)N1C(C2)[C@H]2C[C@@H]1C2. The van der Waals surface area contributed by atoms with Crippen molar-refractivity contribution in [3.05, 3.63) is 62.8 Å². The number of pyridine rings is 1. The van der Waals surface area contributed by atoms with Crippen LogP contribution in [0.4, 0.5) is 13.2 Å². The van der Waals surface area contributed by atoms with Crippen molar-refractivity contribution in [1.82, 2.24) is 14.8 Å². The fraction of sp³-hybridized carbons (Fsp3) is 0.350. The van der Waals surface area contributed by atoms with Gasteiger partial charge in [-0.3, -0.25) is 14.4 Å². The van der Waals surface area contributed by atoms with Gasteiger partial charge < -0.3 is 19.9 Å². The molecular weight excluding hydrogens is 403 g/mol. The van der Waals surface area contributed by atoms with E-state index < -0.39 is 58.1 Å². The van der Waals surface area contributed by atoms with E-state index in [1.807, 2.05) is 0 Å². The summed E-state index contributed by atoms with van der Waals surface area (Å²) in [7, 11) is 0. The molecule has 7 nitrogen and oxygen atoms in total. The highest BCUT2D eigenvalue weighted by Gasteiger charge is 2.55. The Morgan fingerprint density at radius 1 is 1.17 bits per heavy atom. The average molecular weight is 419 g/mol. The van der Waals surface area contributed by atoms with Gasteiger partial charge in [0, 0.05) is 43.0 Å². The Labute approximate surface area is 167 Å². The summed E-state index contributed by atoms with van der Waals surface area (Å²) in [5.41, 5.74) is -2.22. The summed E-state index contributed by atoms with van der Waals surface area (Å²) in [4.78, 5) is 39.5. The van der Waals surface area contributed by atoms with Crippen LogP contribution in [-0.2, 0) is 13.1 Å². The van der Waals surface area contributed by atoms with Gasteiger partial charge >= 0.3 is 0 Å². The van der Waals surface area contributed by atoms with Crippen molar-refractivity contribution in [3.63, 3.8) is 0 Å². The normalized spacial score (nSPS) is 23.6. The van der Waals surface area contributed by atoms with Crippen LogP contribution in [0.25, 0.3) is 0 Å². The molecule has 3 aliphatic heterocycles. The van der Waals surface area contributed by atoms with E-state index in [0.29, 0.717) is 24.6 Å². The van der Waals surface area contributed by atoms with E-state index >= 15 is 0 Å². The molecular formula is C20H16F3N3O4. The lowest BCUT2D eigenvalue weighted by atomic mass is 9.83. The number of rotatable bonds is 3. The molecule has 1 saturated carbocycles. The molecule has 2 amide bonds. The highest BCUT2D eigenvalue weighted by molar-refractivity contribution is 5.99. The van der Waals surface area contributed by atoms with Crippen LogP contribution in [0, 0.1) is 23.4 Å². The Balaban J connectivity index is 1.44. The molecule has 2 aromatic rings. The van der Waals surface area contributed by atoms with Gasteiger partial charge in [0.1, 0.15) is 23.0 Å². The summed E-state index contributed by atoms with van der Waals surface area (Å²) < 4.78 is 41.9. The second kappa shape index (κ2) is 6.35. The molecule has 3 fully saturated rings. The van der Waals surface area contributed by atoms with Crippen LogP contribution in [0.1, 0.15) is 39.3 Å². The molecule has 1 atom stereocenters. The minimum Gasteiger partial charge on any atom is -0.503 e. The van der Waals surface area contributed by atoms with Crippen LogP contribution in [0.2, 0.25) is 0 Å². The number of hydrogen-bond donors (Lipinski definition) is 2. The fourth-order valence-electron chi connectivity index (χ4n) is 4.73. The minimum absolute atomic E-state index is 0.0461. The zero-order valence-corrected chi connectivity index (χ0v) is 15.5. The van der Waals surface area contributed by atoms with Crippen LogP contribution in [0.5, 0.6) is 5.75 Å². The van der Waals surface area contributed by atoms with Crippen molar-refractivity contribution in [2.24, 2.45) is 5.92 Å². The van der Waals surface area contributed by atoms with Crippen molar-refractivity contribution < 1.29 is 27.9 Å². The molecule has 0 spiro atoms. The molecule has 1 aromatic heterocycles. The molecule has 1 unspecified atom stereocenters.